The molecule has 0 bridgehead atoms. The molecule has 0 saturated carbocycles. The second-order valence-corrected chi connectivity index (χ2v) is 10.7. The van der Waals surface area contributed by atoms with Crippen molar-refractivity contribution in [1.82, 2.24) is 0 Å². The fourth-order valence-corrected chi connectivity index (χ4v) is 5.62. The zero-order valence-corrected chi connectivity index (χ0v) is 23.4. The van der Waals surface area contributed by atoms with E-state index < -0.39 is 42.7 Å². The summed E-state index contributed by atoms with van der Waals surface area (Å²) < 4.78 is 30.7. The third-order valence-corrected chi connectivity index (χ3v) is 7.88. The predicted molar refractivity (Wildman–Crippen MR) is 147 cm³/mol. The molecule has 1 N–H and O–H groups in total. The molecule has 40 heavy (non-hydrogen) atoms. The van der Waals surface area contributed by atoms with Crippen LogP contribution < -0.4 is 0 Å². The van der Waals surface area contributed by atoms with Crippen LogP contribution in [0.5, 0.6) is 0 Å². The quantitative estimate of drug-likeness (QED) is 0.194. The maximum Gasteiger partial charge on any atom is 0.302 e. The van der Waals surface area contributed by atoms with E-state index in [4.69, 9.17) is 29.2 Å². The first-order valence-electron chi connectivity index (χ1n) is 13.8. The van der Waals surface area contributed by atoms with Gasteiger partial charge in [-0.15, -0.1) is 0 Å². The lowest BCUT2D eigenvalue weighted by molar-refractivity contribution is -0.322. The summed E-state index contributed by atoms with van der Waals surface area (Å²) in [6.07, 6.45) is -3.23. The molecule has 2 aliphatic heterocycles. The number of rotatable bonds is 10. The highest BCUT2D eigenvalue weighted by atomic mass is 16.7. The minimum atomic E-state index is -1.36. The minimum absolute atomic E-state index is 0.0633. The molecule has 2 saturated heterocycles. The molecule has 5 unspecified atom stereocenters. The van der Waals surface area contributed by atoms with E-state index in [1.807, 2.05) is 62.4 Å². The van der Waals surface area contributed by atoms with Gasteiger partial charge in [0.2, 0.25) is 0 Å². The number of aliphatic hydroxyl groups is 1. The summed E-state index contributed by atoms with van der Waals surface area (Å²) in [5, 5.41) is 14.3. The minimum Gasteiger partial charge on any atom is -0.463 e. The van der Waals surface area contributed by atoms with Crippen molar-refractivity contribution < 1.29 is 33.6 Å². The Kier molecular flexibility index (Phi) is 10.6. The Bertz CT molecular complexity index is 1130. The maximum absolute atomic E-state index is 11.6. The first-order valence-corrected chi connectivity index (χ1v) is 13.8. The molecule has 0 radical (unpaired) electrons. The van der Waals surface area contributed by atoms with E-state index in [2.05, 4.69) is 29.1 Å². The summed E-state index contributed by atoms with van der Waals surface area (Å²) in [6, 6.07) is 19.3. The van der Waals surface area contributed by atoms with Crippen molar-refractivity contribution in [1.29, 1.82) is 0 Å². The molecule has 4 rings (SSSR count). The standard InChI is InChI=1S/C30H39N3O7/c1-18-24(15-22-11-7-5-8-12-22)39-30(20(3)27(18)37-16-23-13-9-6-10-14-23)40-28-19(2)26(32-33-31)29(35)38-25(28)17-36-21(4)34/h5-14,18-20,24-30,35H,15-17H2,1-4H3/t18-,19-,20?,24?,25?,26?,27-,28+,29?,30+/m1/s1. The normalized spacial score (nSPS) is 34.0. The van der Waals surface area contributed by atoms with Gasteiger partial charge in [-0.05, 0) is 29.0 Å². The molecule has 2 aliphatic rings. The Hall–Kier alpha value is -2.98. The molecule has 10 atom stereocenters. The zero-order valence-electron chi connectivity index (χ0n) is 23.4. The van der Waals surface area contributed by atoms with Crippen LogP contribution in [0.4, 0.5) is 0 Å². The molecular weight excluding hydrogens is 514 g/mol. The van der Waals surface area contributed by atoms with E-state index in [0.717, 1.165) is 11.1 Å². The second-order valence-electron chi connectivity index (χ2n) is 10.7. The molecular formula is C30H39N3O7. The van der Waals surface area contributed by atoms with Crippen molar-refractivity contribution in [3.05, 3.63) is 82.2 Å². The smallest absolute Gasteiger partial charge is 0.302 e. The van der Waals surface area contributed by atoms with E-state index in [1.54, 1.807) is 0 Å². The van der Waals surface area contributed by atoms with Crippen LogP contribution in [-0.4, -0.2) is 60.7 Å². The monoisotopic (exact) mass is 553 g/mol. The number of carbonyl (C=O) groups excluding carboxylic acids is 1. The average molecular weight is 554 g/mol. The number of esters is 1. The Morgan fingerprint density at radius 2 is 1.57 bits per heavy atom. The largest absolute Gasteiger partial charge is 0.463 e. The van der Waals surface area contributed by atoms with Gasteiger partial charge < -0.3 is 28.8 Å². The SMILES string of the molecule is CC(=O)OCC1OC(O)C(N=[N+]=[N-])[C@@H](C)[C@@H]1O[C@@H]1OC(Cc2ccccc2)[C@@H](C)[C@@H](OCc2ccccc2)C1C. The number of azide groups is 1. The molecule has 0 aromatic heterocycles. The van der Waals surface area contributed by atoms with Gasteiger partial charge in [-0.2, -0.15) is 0 Å². The van der Waals surface area contributed by atoms with Gasteiger partial charge >= 0.3 is 5.97 Å². The molecule has 216 valence electrons. The third kappa shape index (κ3) is 7.40. The van der Waals surface area contributed by atoms with Crippen LogP contribution in [0.1, 0.15) is 38.8 Å². The number of ether oxygens (including phenoxy) is 5. The highest BCUT2D eigenvalue weighted by molar-refractivity contribution is 5.65. The van der Waals surface area contributed by atoms with Crippen molar-refractivity contribution in [2.75, 3.05) is 6.61 Å². The van der Waals surface area contributed by atoms with Crippen LogP contribution in [0.3, 0.4) is 0 Å². The topological polar surface area (TPSA) is 132 Å². The van der Waals surface area contributed by atoms with Gasteiger partial charge in [0.05, 0.1) is 31.0 Å². The first kappa shape index (κ1) is 30.0. The van der Waals surface area contributed by atoms with E-state index in [1.165, 1.54) is 6.92 Å². The van der Waals surface area contributed by atoms with E-state index in [0.29, 0.717) is 13.0 Å². The third-order valence-electron chi connectivity index (χ3n) is 7.88. The summed E-state index contributed by atoms with van der Waals surface area (Å²) in [5.74, 6) is -1.04. The van der Waals surface area contributed by atoms with Crippen LogP contribution in [0.2, 0.25) is 0 Å². The van der Waals surface area contributed by atoms with Crippen molar-refractivity contribution in [3.63, 3.8) is 0 Å². The zero-order chi connectivity index (χ0) is 28.6. The molecule has 0 aliphatic carbocycles. The number of hydrogen-bond acceptors (Lipinski definition) is 8. The lowest BCUT2D eigenvalue weighted by atomic mass is 9.82. The Labute approximate surface area is 235 Å². The van der Waals surface area contributed by atoms with E-state index in [9.17, 15) is 9.90 Å². The van der Waals surface area contributed by atoms with Gasteiger partial charge in [0.25, 0.3) is 0 Å². The van der Waals surface area contributed by atoms with Gasteiger partial charge in [-0.1, -0.05) is 86.5 Å². The van der Waals surface area contributed by atoms with Crippen molar-refractivity contribution in [2.24, 2.45) is 22.9 Å². The summed E-state index contributed by atoms with van der Waals surface area (Å²) in [5.41, 5.74) is 11.3. The van der Waals surface area contributed by atoms with Gasteiger partial charge in [-0.25, -0.2) is 0 Å². The number of benzene rings is 2. The average Bonchev–Trinajstić information content (AvgIpc) is 2.95. The lowest BCUT2D eigenvalue weighted by Crippen LogP contribution is -2.59. The van der Waals surface area contributed by atoms with Crippen molar-refractivity contribution in [3.8, 4) is 0 Å². The van der Waals surface area contributed by atoms with Crippen LogP contribution in [0.25, 0.3) is 10.4 Å². The molecule has 2 heterocycles. The van der Waals surface area contributed by atoms with Gasteiger partial charge in [0.15, 0.2) is 12.6 Å². The van der Waals surface area contributed by atoms with E-state index >= 15 is 0 Å². The summed E-state index contributed by atoms with van der Waals surface area (Å²) in [4.78, 5) is 14.4. The van der Waals surface area contributed by atoms with Crippen LogP contribution in [-0.2, 0) is 41.5 Å². The Morgan fingerprint density at radius 3 is 2.20 bits per heavy atom. The van der Waals surface area contributed by atoms with Crippen molar-refractivity contribution in [2.45, 2.75) is 83.8 Å². The number of nitrogens with zero attached hydrogens (tertiary/aromatic N) is 3. The molecule has 0 amide bonds. The van der Waals surface area contributed by atoms with Crippen LogP contribution in [0, 0.1) is 17.8 Å². The maximum atomic E-state index is 11.6. The summed E-state index contributed by atoms with van der Waals surface area (Å²) in [7, 11) is 0. The van der Waals surface area contributed by atoms with Gasteiger partial charge in [0, 0.05) is 23.7 Å². The Morgan fingerprint density at radius 1 is 0.925 bits per heavy atom. The second kappa shape index (κ2) is 14.1. The van der Waals surface area contributed by atoms with Crippen LogP contribution in [0.15, 0.2) is 65.8 Å². The first-order chi connectivity index (χ1) is 19.3. The molecule has 2 fully saturated rings. The highest BCUT2D eigenvalue weighted by Crippen LogP contribution is 2.38. The fraction of sp³-hybridized carbons (Fsp3) is 0.567. The molecule has 2 aromatic rings. The Balaban J connectivity index is 1.59. The van der Waals surface area contributed by atoms with Gasteiger partial charge in [0.1, 0.15) is 12.7 Å². The lowest BCUT2D eigenvalue weighted by Gasteiger charge is -2.48. The highest BCUT2D eigenvalue weighted by Gasteiger charge is 2.49. The van der Waals surface area contributed by atoms with E-state index in [-0.39, 0.29) is 30.7 Å². The molecule has 0 spiro atoms. The summed E-state index contributed by atoms with van der Waals surface area (Å²) >= 11 is 0. The molecule has 10 nitrogen and oxygen atoms in total. The van der Waals surface area contributed by atoms with Crippen molar-refractivity contribution >= 4 is 5.97 Å². The van der Waals surface area contributed by atoms with Gasteiger partial charge in [-0.3, -0.25) is 4.79 Å². The van der Waals surface area contributed by atoms with Crippen LogP contribution >= 0.6 is 0 Å². The number of carbonyl (C=O) groups is 1. The fourth-order valence-electron chi connectivity index (χ4n) is 5.62. The molecule has 2 aromatic carbocycles. The summed E-state index contributed by atoms with van der Waals surface area (Å²) in [6.45, 7) is 7.62. The molecule has 10 heteroatoms. The number of hydrogen-bond donors (Lipinski definition) is 1. The number of aliphatic hydroxyl groups excluding tert-OH is 1. The predicted octanol–water partition coefficient (Wildman–Crippen LogP) is 4.79.